The van der Waals surface area contributed by atoms with Crippen LogP contribution in [0, 0.1) is 0 Å². The molecule has 3 rings (SSSR count). The van der Waals surface area contributed by atoms with Gasteiger partial charge in [-0.1, -0.05) is 0 Å². The van der Waals surface area contributed by atoms with E-state index in [0.29, 0.717) is 11.7 Å². The summed E-state index contributed by atoms with van der Waals surface area (Å²) < 4.78 is 0. The molecule has 0 spiro atoms. The molecule has 2 saturated heterocycles. The zero-order valence-corrected chi connectivity index (χ0v) is 12.0. The Bertz CT molecular complexity index is 491. The van der Waals surface area contributed by atoms with E-state index in [1.54, 1.807) is 6.20 Å². The number of nitrogens with zero attached hydrogens (tertiary/aromatic N) is 3. The number of rotatable bonds is 3. The van der Waals surface area contributed by atoms with E-state index in [-0.39, 0.29) is 5.91 Å². The molecule has 2 aliphatic heterocycles. The summed E-state index contributed by atoms with van der Waals surface area (Å²) in [6.45, 7) is 6.76. The largest absolute Gasteiger partial charge is 0.385 e. The molecule has 0 saturated carbocycles. The Morgan fingerprint density at radius 3 is 3.20 bits per heavy atom. The van der Waals surface area contributed by atoms with Crippen LogP contribution in [0.5, 0.6) is 0 Å². The van der Waals surface area contributed by atoms with Crippen molar-refractivity contribution >= 4 is 11.6 Å². The lowest BCUT2D eigenvalue weighted by Gasteiger charge is -2.37. The van der Waals surface area contributed by atoms with Gasteiger partial charge in [0.2, 0.25) is 0 Å². The number of fused-ring (bicyclic) bond motifs is 1. The highest BCUT2D eigenvalue weighted by Crippen LogP contribution is 2.22. The van der Waals surface area contributed by atoms with Crippen LogP contribution in [-0.4, -0.2) is 59.5 Å². The van der Waals surface area contributed by atoms with Gasteiger partial charge in [0.25, 0.3) is 5.91 Å². The van der Waals surface area contributed by atoms with Gasteiger partial charge in [-0.3, -0.25) is 14.7 Å². The van der Waals surface area contributed by atoms with E-state index in [2.05, 4.69) is 15.2 Å². The molecule has 2 aliphatic rings. The smallest absolute Gasteiger partial charge is 0.272 e. The highest BCUT2D eigenvalue weighted by molar-refractivity contribution is 5.93. The van der Waals surface area contributed by atoms with Gasteiger partial charge in [-0.05, 0) is 38.4 Å². The molecule has 0 aliphatic carbocycles. The molecule has 1 atom stereocenters. The van der Waals surface area contributed by atoms with E-state index < -0.39 is 0 Å². The number of hydrogen-bond acceptors (Lipinski definition) is 4. The molecule has 2 fully saturated rings. The minimum Gasteiger partial charge on any atom is -0.385 e. The first-order valence-electron chi connectivity index (χ1n) is 7.51. The Morgan fingerprint density at radius 1 is 1.45 bits per heavy atom. The number of hydrogen-bond donors (Lipinski definition) is 1. The molecule has 0 radical (unpaired) electrons. The Labute approximate surface area is 120 Å². The second-order valence-corrected chi connectivity index (χ2v) is 5.54. The van der Waals surface area contributed by atoms with Crippen LogP contribution < -0.4 is 5.32 Å². The van der Waals surface area contributed by atoms with Gasteiger partial charge in [0.1, 0.15) is 5.69 Å². The maximum atomic E-state index is 12.6. The maximum absolute atomic E-state index is 12.6. The van der Waals surface area contributed by atoms with Crippen molar-refractivity contribution in [1.29, 1.82) is 0 Å². The fraction of sp³-hybridized carbons (Fsp3) is 0.600. The molecule has 1 N–H and O–H groups in total. The van der Waals surface area contributed by atoms with Crippen LogP contribution >= 0.6 is 0 Å². The average Bonchev–Trinajstić information content (AvgIpc) is 2.94. The topological polar surface area (TPSA) is 48.5 Å². The fourth-order valence-electron chi connectivity index (χ4n) is 3.20. The number of piperazine rings is 1. The van der Waals surface area contributed by atoms with Gasteiger partial charge in [0.15, 0.2) is 0 Å². The summed E-state index contributed by atoms with van der Waals surface area (Å²) in [5.41, 5.74) is 1.51. The number of nitrogens with one attached hydrogen (secondary N) is 1. The summed E-state index contributed by atoms with van der Waals surface area (Å²) >= 11 is 0. The summed E-state index contributed by atoms with van der Waals surface area (Å²) in [6.07, 6.45) is 4.19. The van der Waals surface area contributed by atoms with Crippen LogP contribution in [0.3, 0.4) is 0 Å². The SMILES string of the molecule is CCNc1ccnc(C(=O)N2CCN3CCCC3C2)c1. The zero-order chi connectivity index (χ0) is 13.9. The van der Waals surface area contributed by atoms with Crippen LogP contribution in [-0.2, 0) is 0 Å². The standard InChI is InChI=1S/C15H22N4O/c1-2-16-12-5-6-17-14(10-12)15(20)19-9-8-18-7-3-4-13(18)11-19/h5-6,10,13H,2-4,7-9,11H2,1H3,(H,16,17). The molecular formula is C15H22N4O. The number of aromatic nitrogens is 1. The molecule has 5 heteroatoms. The predicted octanol–water partition coefficient (Wildman–Crippen LogP) is 1.43. The van der Waals surface area contributed by atoms with E-state index in [4.69, 9.17) is 0 Å². The first kappa shape index (κ1) is 13.4. The number of carbonyl (C=O) groups excluding carboxylic acids is 1. The molecule has 108 valence electrons. The Kier molecular flexibility index (Phi) is 3.87. The van der Waals surface area contributed by atoms with Crippen LogP contribution in [0.2, 0.25) is 0 Å². The zero-order valence-electron chi connectivity index (χ0n) is 12.0. The van der Waals surface area contributed by atoms with Gasteiger partial charge < -0.3 is 10.2 Å². The Morgan fingerprint density at radius 2 is 2.35 bits per heavy atom. The minimum absolute atomic E-state index is 0.0660. The second kappa shape index (κ2) is 5.79. The molecule has 3 heterocycles. The van der Waals surface area contributed by atoms with Gasteiger partial charge in [0.05, 0.1) is 0 Å². The van der Waals surface area contributed by atoms with Crippen molar-refractivity contribution in [3.05, 3.63) is 24.0 Å². The normalized spacial score (nSPS) is 22.6. The first-order chi connectivity index (χ1) is 9.78. The summed E-state index contributed by atoms with van der Waals surface area (Å²) in [5.74, 6) is 0.0660. The molecule has 1 amide bonds. The third-order valence-electron chi connectivity index (χ3n) is 4.23. The molecule has 0 aromatic carbocycles. The predicted molar refractivity (Wildman–Crippen MR) is 78.9 cm³/mol. The molecular weight excluding hydrogens is 252 g/mol. The van der Waals surface area contributed by atoms with E-state index in [1.807, 2.05) is 24.0 Å². The number of amides is 1. The van der Waals surface area contributed by atoms with E-state index in [9.17, 15) is 4.79 Å². The lowest BCUT2D eigenvalue weighted by Crippen LogP contribution is -2.52. The van der Waals surface area contributed by atoms with Crippen molar-refractivity contribution in [3.8, 4) is 0 Å². The van der Waals surface area contributed by atoms with Crippen LogP contribution in [0.25, 0.3) is 0 Å². The highest BCUT2D eigenvalue weighted by Gasteiger charge is 2.33. The van der Waals surface area contributed by atoms with Crippen molar-refractivity contribution in [2.24, 2.45) is 0 Å². The molecule has 5 nitrogen and oxygen atoms in total. The first-order valence-corrected chi connectivity index (χ1v) is 7.51. The van der Waals surface area contributed by atoms with Gasteiger partial charge in [-0.2, -0.15) is 0 Å². The molecule has 1 aromatic rings. The van der Waals surface area contributed by atoms with E-state index in [1.165, 1.54) is 19.4 Å². The van der Waals surface area contributed by atoms with E-state index in [0.717, 1.165) is 31.9 Å². The summed E-state index contributed by atoms with van der Waals surface area (Å²) in [7, 11) is 0. The molecule has 1 unspecified atom stereocenters. The van der Waals surface area contributed by atoms with Gasteiger partial charge in [-0.25, -0.2) is 0 Å². The van der Waals surface area contributed by atoms with Crippen molar-refractivity contribution in [2.45, 2.75) is 25.8 Å². The van der Waals surface area contributed by atoms with Crippen molar-refractivity contribution in [3.63, 3.8) is 0 Å². The lowest BCUT2D eigenvalue weighted by molar-refractivity contribution is 0.0566. The highest BCUT2D eigenvalue weighted by atomic mass is 16.2. The quantitative estimate of drug-likeness (QED) is 0.906. The third-order valence-corrected chi connectivity index (χ3v) is 4.23. The fourth-order valence-corrected chi connectivity index (χ4v) is 3.20. The summed E-state index contributed by atoms with van der Waals surface area (Å²) in [6, 6.07) is 4.31. The molecule has 20 heavy (non-hydrogen) atoms. The third kappa shape index (κ3) is 2.63. The van der Waals surface area contributed by atoms with Gasteiger partial charge >= 0.3 is 0 Å². The van der Waals surface area contributed by atoms with Crippen LogP contribution in [0.1, 0.15) is 30.3 Å². The van der Waals surface area contributed by atoms with Crippen molar-refractivity contribution in [1.82, 2.24) is 14.8 Å². The van der Waals surface area contributed by atoms with Gasteiger partial charge in [-0.15, -0.1) is 0 Å². The Balaban J connectivity index is 1.70. The van der Waals surface area contributed by atoms with Gasteiger partial charge in [0, 0.05) is 44.1 Å². The maximum Gasteiger partial charge on any atom is 0.272 e. The molecule has 1 aromatic heterocycles. The lowest BCUT2D eigenvalue weighted by atomic mass is 10.1. The van der Waals surface area contributed by atoms with Crippen molar-refractivity contribution < 1.29 is 4.79 Å². The second-order valence-electron chi connectivity index (χ2n) is 5.54. The minimum atomic E-state index is 0.0660. The monoisotopic (exact) mass is 274 g/mol. The summed E-state index contributed by atoms with van der Waals surface area (Å²) in [5, 5.41) is 3.22. The average molecular weight is 274 g/mol. The summed E-state index contributed by atoms with van der Waals surface area (Å²) in [4.78, 5) is 21.3. The number of anilines is 1. The number of carbonyl (C=O) groups is 1. The van der Waals surface area contributed by atoms with Crippen LogP contribution in [0.15, 0.2) is 18.3 Å². The van der Waals surface area contributed by atoms with Crippen molar-refractivity contribution in [2.75, 3.05) is 38.0 Å². The van der Waals surface area contributed by atoms with Crippen LogP contribution in [0.4, 0.5) is 5.69 Å². The number of pyridine rings is 1. The Hall–Kier alpha value is -1.62. The molecule has 0 bridgehead atoms. The van der Waals surface area contributed by atoms with E-state index >= 15 is 0 Å².